The second-order valence-corrected chi connectivity index (χ2v) is 8.87. The number of ether oxygens (including phenoxy) is 1. The standard InChI is InChI=1S/C21H20ClF3O2S/c1-12-13(6-4-7-14(12)16-8-5-9-28-16)11-27-19(26)18-15(20(18,2)3)10-17(22)21(23,24)25/h4-10,15,18H,11H2,1-3H3/b17-10+. The summed E-state index contributed by atoms with van der Waals surface area (Å²) < 4.78 is 43.5. The molecule has 3 rings (SSSR count). The molecule has 0 spiro atoms. The van der Waals surface area contributed by atoms with E-state index in [-0.39, 0.29) is 6.61 Å². The maximum atomic E-state index is 12.7. The zero-order valence-electron chi connectivity index (χ0n) is 15.6. The highest BCUT2D eigenvalue weighted by Gasteiger charge is 2.62. The van der Waals surface area contributed by atoms with Gasteiger partial charge in [-0.1, -0.05) is 55.8 Å². The van der Waals surface area contributed by atoms with Gasteiger partial charge in [-0.3, -0.25) is 4.79 Å². The molecule has 1 aliphatic carbocycles. The third-order valence-corrected chi connectivity index (χ3v) is 6.61. The Kier molecular flexibility index (Phi) is 5.65. The number of hydrogen-bond acceptors (Lipinski definition) is 3. The van der Waals surface area contributed by atoms with E-state index in [4.69, 9.17) is 16.3 Å². The Hall–Kier alpha value is -1.79. The fourth-order valence-corrected chi connectivity index (χ4v) is 4.41. The van der Waals surface area contributed by atoms with E-state index in [0.29, 0.717) is 0 Å². The predicted octanol–water partition coefficient (Wildman–Crippen LogP) is 6.72. The lowest BCUT2D eigenvalue weighted by Crippen LogP contribution is -2.11. The van der Waals surface area contributed by atoms with Crippen LogP contribution in [0.15, 0.2) is 46.8 Å². The van der Waals surface area contributed by atoms with Crippen LogP contribution in [0.5, 0.6) is 0 Å². The van der Waals surface area contributed by atoms with Gasteiger partial charge in [-0.05, 0) is 46.4 Å². The van der Waals surface area contributed by atoms with Gasteiger partial charge in [0.2, 0.25) is 0 Å². The van der Waals surface area contributed by atoms with E-state index < -0.39 is 34.4 Å². The fraction of sp³-hybridized carbons (Fsp3) is 0.381. The van der Waals surface area contributed by atoms with Crippen LogP contribution in [0.1, 0.15) is 25.0 Å². The number of hydrogen-bond donors (Lipinski definition) is 0. The van der Waals surface area contributed by atoms with Crippen molar-refractivity contribution in [3.05, 3.63) is 57.9 Å². The van der Waals surface area contributed by atoms with Crippen LogP contribution >= 0.6 is 22.9 Å². The minimum Gasteiger partial charge on any atom is -0.461 e. The third kappa shape index (κ3) is 4.13. The molecule has 0 radical (unpaired) electrons. The molecule has 0 N–H and O–H groups in total. The molecule has 7 heteroatoms. The number of benzene rings is 1. The van der Waals surface area contributed by atoms with Gasteiger partial charge in [0.25, 0.3) is 0 Å². The lowest BCUT2D eigenvalue weighted by molar-refractivity contribution is -0.147. The van der Waals surface area contributed by atoms with Gasteiger partial charge in [-0.2, -0.15) is 13.2 Å². The van der Waals surface area contributed by atoms with Crippen LogP contribution in [0.4, 0.5) is 13.2 Å². The minimum atomic E-state index is -4.60. The maximum Gasteiger partial charge on any atom is 0.426 e. The quantitative estimate of drug-likeness (QED) is 0.494. The van der Waals surface area contributed by atoms with Crippen LogP contribution in [0, 0.1) is 24.2 Å². The molecule has 0 saturated heterocycles. The van der Waals surface area contributed by atoms with Crippen molar-refractivity contribution in [2.24, 2.45) is 17.3 Å². The predicted molar refractivity (Wildman–Crippen MR) is 105 cm³/mol. The van der Waals surface area contributed by atoms with Crippen molar-refractivity contribution in [1.29, 1.82) is 0 Å². The van der Waals surface area contributed by atoms with Crippen molar-refractivity contribution in [2.45, 2.75) is 33.6 Å². The summed E-state index contributed by atoms with van der Waals surface area (Å²) in [6.07, 6.45) is -3.68. The first kappa shape index (κ1) is 20.9. The van der Waals surface area contributed by atoms with Gasteiger partial charge in [0.15, 0.2) is 0 Å². The highest BCUT2D eigenvalue weighted by molar-refractivity contribution is 7.13. The van der Waals surface area contributed by atoms with Crippen molar-refractivity contribution in [3.63, 3.8) is 0 Å². The molecule has 28 heavy (non-hydrogen) atoms. The van der Waals surface area contributed by atoms with Gasteiger partial charge in [0.1, 0.15) is 11.6 Å². The number of allylic oxidation sites excluding steroid dienone is 2. The lowest BCUT2D eigenvalue weighted by atomic mass is 10.0. The lowest BCUT2D eigenvalue weighted by Gasteiger charge is -2.11. The topological polar surface area (TPSA) is 26.3 Å². The number of thiophene rings is 1. The third-order valence-electron chi connectivity index (χ3n) is 5.36. The second-order valence-electron chi connectivity index (χ2n) is 7.51. The first-order valence-corrected chi connectivity index (χ1v) is 10.0. The van der Waals surface area contributed by atoms with Crippen molar-refractivity contribution in [1.82, 2.24) is 0 Å². The number of carbonyl (C=O) groups is 1. The molecule has 1 fully saturated rings. The molecular formula is C21H20ClF3O2S. The van der Waals surface area contributed by atoms with Crippen LogP contribution in [-0.2, 0) is 16.1 Å². The van der Waals surface area contributed by atoms with Crippen LogP contribution in [0.3, 0.4) is 0 Å². The summed E-state index contributed by atoms with van der Waals surface area (Å²) in [6.45, 7) is 5.53. The minimum absolute atomic E-state index is 0.0832. The zero-order chi connectivity index (χ0) is 20.7. The summed E-state index contributed by atoms with van der Waals surface area (Å²) in [7, 11) is 0. The SMILES string of the molecule is Cc1c(COC(=O)C2C(/C=C(/Cl)C(F)(F)F)C2(C)C)cccc1-c1cccs1. The smallest absolute Gasteiger partial charge is 0.426 e. The van der Waals surface area contributed by atoms with Crippen molar-refractivity contribution in [2.75, 3.05) is 0 Å². The van der Waals surface area contributed by atoms with Crippen LogP contribution < -0.4 is 0 Å². The zero-order valence-corrected chi connectivity index (χ0v) is 17.2. The average molecular weight is 429 g/mol. The van der Waals surface area contributed by atoms with E-state index in [1.807, 2.05) is 42.6 Å². The first-order chi connectivity index (χ1) is 13.0. The second kappa shape index (κ2) is 7.56. The Labute approximate surface area is 171 Å². The van der Waals surface area contributed by atoms with Gasteiger partial charge in [-0.25, -0.2) is 0 Å². The number of esters is 1. The van der Waals surface area contributed by atoms with Crippen LogP contribution in [0.25, 0.3) is 10.4 Å². The van der Waals surface area contributed by atoms with Gasteiger partial charge >= 0.3 is 12.1 Å². The highest BCUT2D eigenvalue weighted by Crippen LogP contribution is 2.60. The van der Waals surface area contributed by atoms with E-state index in [1.54, 1.807) is 25.2 Å². The summed E-state index contributed by atoms with van der Waals surface area (Å²) in [6, 6.07) is 9.80. The molecule has 150 valence electrons. The van der Waals surface area contributed by atoms with E-state index in [0.717, 1.165) is 27.6 Å². The molecule has 1 aromatic carbocycles. The van der Waals surface area contributed by atoms with Gasteiger partial charge in [0.05, 0.1) is 5.92 Å². The normalized spacial score (nSPS) is 21.5. The molecule has 0 bridgehead atoms. The molecule has 0 aliphatic heterocycles. The molecule has 1 aliphatic rings. The molecule has 2 unspecified atom stereocenters. The molecule has 1 aromatic heterocycles. The van der Waals surface area contributed by atoms with Crippen molar-refractivity contribution in [3.8, 4) is 10.4 Å². The first-order valence-electron chi connectivity index (χ1n) is 8.77. The summed E-state index contributed by atoms with van der Waals surface area (Å²) in [5.41, 5.74) is 2.35. The fourth-order valence-electron chi connectivity index (χ4n) is 3.47. The van der Waals surface area contributed by atoms with E-state index in [2.05, 4.69) is 0 Å². The van der Waals surface area contributed by atoms with Gasteiger partial charge < -0.3 is 4.74 Å². The van der Waals surface area contributed by atoms with E-state index in [9.17, 15) is 18.0 Å². The Morgan fingerprint density at radius 2 is 2.00 bits per heavy atom. The summed E-state index contributed by atoms with van der Waals surface area (Å²) in [5, 5.41) is 0.802. The Morgan fingerprint density at radius 1 is 1.29 bits per heavy atom. The van der Waals surface area contributed by atoms with Gasteiger partial charge in [0, 0.05) is 4.88 Å². The number of halogens is 4. The Bertz CT molecular complexity index is 901. The molecular weight excluding hydrogens is 409 g/mol. The molecule has 1 heterocycles. The van der Waals surface area contributed by atoms with Crippen LogP contribution in [-0.4, -0.2) is 12.1 Å². The number of alkyl halides is 3. The molecule has 1 saturated carbocycles. The molecule has 2 nitrogen and oxygen atoms in total. The summed E-state index contributed by atoms with van der Waals surface area (Å²) in [5.74, 6) is -1.73. The largest absolute Gasteiger partial charge is 0.461 e. The average Bonchev–Trinajstić information content (AvgIpc) is 2.98. The molecule has 2 aromatic rings. The number of carbonyl (C=O) groups excluding carboxylic acids is 1. The molecule has 2 atom stereocenters. The van der Waals surface area contributed by atoms with Crippen LogP contribution in [0.2, 0.25) is 0 Å². The van der Waals surface area contributed by atoms with Gasteiger partial charge in [-0.15, -0.1) is 11.3 Å². The Morgan fingerprint density at radius 3 is 2.61 bits per heavy atom. The molecule has 0 amide bonds. The summed E-state index contributed by atoms with van der Waals surface area (Å²) >= 11 is 6.96. The number of rotatable bonds is 5. The summed E-state index contributed by atoms with van der Waals surface area (Å²) in [4.78, 5) is 13.6. The van der Waals surface area contributed by atoms with Crippen molar-refractivity contribution < 1.29 is 22.7 Å². The maximum absolute atomic E-state index is 12.7. The monoisotopic (exact) mass is 428 g/mol. The van der Waals surface area contributed by atoms with E-state index in [1.165, 1.54) is 0 Å². The highest BCUT2D eigenvalue weighted by atomic mass is 35.5. The van der Waals surface area contributed by atoms with E-state index >= 15 is 0 Å². The Balaban J connectivity index is 1.69. The van der Waals surface area contributed by atoms with Crippen molar-refractivity contribution >= 4 is 28.9 Å².